The summed E-state index contributed by atoms with van der Waals surface area (Å²) in [6.45, 7) is 5.71. The molecular weight excluding hydrogens is 178 g/mol. The minimum absolute atomic E-state index is 0.0729. The number of benzene rings is 1. The van der Waals surface area contributed by atoms with Gasteiger partial charge in [-0.25, -0.2) is 0 Å². The van der Waals surface area contributed by atoms with Gasteiger partial charge in [0.15, 0.2) is 0 Å². The van der Waals surface area contributed by atoms with Crippen LogP contribution in [0.2, 0.25) is 0 Å². The summed E-state index contributed by atoms with van der Waals surface area (Å²) in [7, 11) is 0. The van der Waals surface area contributed by atoms with Crippen LogP contribution in [0.15, 0.2) is 12.1 Å². The first-order chi connectivity index (χ1) is 6.43. The van der Waals surface area contributed by atoms with Gasteiger partial charge in [-0.2, -0.15) is 0 Å². The zero-order valence-electron chi connectivity index (χ0n) is 8.78. The highest BCUT2D eigenvalue weighted by molar-refractivity contribution is 5.48. The summed E-state index contributed by atoms with van der Waals surface area (Å²) in [4.78, 5) is 0. The molecular formula is C11H17NO2. The van der Waals surface area contributed by atoms with Crippen LogP contribution in [0, 0.1) is 12.8 Å². The fourth-order valence-corrected chi connectivity index (χ4v) is 1.43. The first-order valence-corrected chi connectivity index (χ1v) is 4.71. The number of aryl methyl sites for hydroxylation is 1. The van der Waals surface area contributed by atoms with Gasteiger partial charge in [-0.05, 0) is 30.5 Å². The summed E-state index contributed by atoms with van der Waals surface area (Å²) in [5.41, 5.74) is 7.12. The Morgan fingerprint density at radius 2 is 1.57 bits per heavy atom. The number of nitrogens with two attached hydrogens (primary N) is 1. The third-order valence-corrected chi connectivity index (χ3v) is 2.33. The Bertz CT molecular complexity index is 311. The van der Waals surface area contributed by atoms with Crippen LogP contribution in [-0.2, 0) is 0 Å². The third kappa shape index (κ3) is 1.99. The van der Waals surface area contributed by atoms with Gasteiger partial charge >= 0.3 is 0 Å². The fourth-order valence-electron chi connectivity index (χ4n) is 1.43. The summed E-state index contributed by atoms with van der Waals surface area (Å²) in [5, 5.41) is 19.3. The average Bonchev–Trinajstić information content (AvgIpc) is 2.01. The molecule has 1 unspecified atom stereocenters. The fraction of sp³-hybridized carbons (Fsp3) is 0.455. The predicted octanol–water partition coefficient (Wildman–Crippen LogP) is 2.06. The van der Waals surface area contributed by atoms with Crippen molar-refractivity contribution >= 4 is 0 Å². The maximum atomic E-state index is 9.65. The monoisotopic (exact) mass is 195 g/mol. The van der Waals surface area contributed by atoms with E-state index in [1.165, 1.54) is 0 Å². The molecule has 3 heteroatoms. The zero-order chi connectivity index (χ0) is 10.9. The molecule has 0 amide bonds. The van der Waals surface area contributed by atoms with E-state index >= 15 is 0 Å². The lowest BCUT2D eigenvalue weighted by molar-refractivity contribution is 0.406. The van der Waals surface area contributed by atoms with Crippen LogP contribution in [0.3, 0.4) is 0 Å². The summed E-state index contributed by atoms with van der Waals surface area (Å²) in [6, 6.07) is 2.88. The standard InChI is InChI=1S/C11H17NO2/c1-6(2)11(12)10-8(13)4-7(3)5-9(10)14/h4-6,11,13-14H,12H2,1-3H3. The molecule has 0 saturated heterocycles. The number of hydrogen-bond donors (Lipinski definition) is 3. The first-order valence-electron chi connectivity index (χ1n) is 4.71. The third-order valence-electron chi connectivity index (χ3n) is 2.33. The molecule has 0 aliphatic rings. The van der Waals surface area contributed by atoms with Crippen molar-refractivity contribution in [2.24, 2.45) is 11.7 Å². The van der Waals surface area contributed by atoms with E-state index in [2.05, 4.69) is 0 Å². The van der Waals surface area contributed by atoms with Crippen LogP contribution in [0.1, 0.15) is 31.0 Å². The second kappa shape index (κ2) is 3.88. The van der Waals surface area contributed by atoms with Crippen LogP contribution in [0.25, 0.3) is 0 Å². The van der Waals surface area contributed by atoms with Gasteiger partial charge in [0.1, 0.15) is 11.5 Å². The SMILES string of the molecule is Cc1cc(O)c(C(N)C(C)C)c(O)c1. The highest BCUT2D eigenvalue weighted by Gasteiger charge is 2.18. The second-order valence-electron chi connectivity index (χ2n) is 3.99. The van der Waals surface area contributed by atoms with Crippen molar-refractivity contribution in [3.05, 3.63) is 23.3 Å². The number of phenolic OH excluding ortho intramolecular Hbond substituents is 2. The summed E-state index contributed by atoms with van der Waals surface area (Å²) < 4.78 is 0. The molecule has 0 fully saturated rings. The zero-order valence-corrected chi connectivity index (χ0v) is 8.78. The Morgan fingerprint density at radius 1 is 1.14 bits per heavy atom. The number of hydrogen-bond acceptors (Lipinski definition) is 3. The molecule has 3 nitrogen and oxygen atoms in total. The molecule has 0 radical (unpaired) electrons. The molecule has 14 heavy (non-hydrogen) atoms. The molecule has 1 aromatic rings. The van der Waals surface area contributed by atoms with Crippen LogP contribution in [0.5, 0.6) is 11.5 Å². The Balaban J connectivity index is 3.20. The lowest BCUT2D eigenvalue weighted by atomic mass is 9.94. The van der Waals surface area contributed by atoms with Crippen molar-refractivity contribution in [3.63, 3.8) is 0 Å². The Hall–Kier alpha value is -1.22. The molecule has 0 aliphatic carbocycles. The smallest absolute Gasteiger partial charge is 0.124 e. The van der Waals surface area contributed by atoms with E-state index in [0.29, 0.717) is 5.56 Å². The van der Waals surface area contributed by atoms with Gasteiger partial charge < -0.3 is 15.9 Å². The molecule has 1 rings (SSSR count). The van der Waals surface area contributed by atoms with Crippen molar-refractivity contribution in [3.8, 4) is 11.5 Å². The lowest BCUT2D eigenvalue weighted by Gasteiger charge is -2.18. The van der Waals surface area contributed by atoms with Gasteiger partial charge in [-0.3, -0.25) is 0 Å². The van der Waals surface area contributed by atoms with Crippen molar-refractivity contribution in [2.45, 2.75) is 26.8 Å². The molecule has 4 N–H and O–H groups in total. The average molecular weight is 195 g/mol. The van der Waals surface area contributed by atoms with Crippen LogP contribution < -0.4 is 5.73 Å². The minimum Gasteiger partial charge on any atom is -0.507 e. The predicted molar refractivity (Wildman–Crippen MR) is 56.3 cm³/mol. The quantitative estimate of drug-likeness (QED) is 0.676. The van der Waals surface area contributed by atoms with Crippen LogP contribution in [0.4, 0.5) is 0 Å². The van der Waals surface area contributed by atoms with Gasteiger partial charge in [-0.1, -0.05) is 13.8 Å². The largest absolute Gasteiger partial charge is 0.507 e. The molecule has 0 heterocycles. The normalized spacial score (nSPS) is 13.2. The Labute approximate surface area is 84.2 Å². The van der Waals surface area contributed by atoms with Gasteiger partial charge in [0.25, 0.3) is 0 Å². The van der Waals surface area contributed by atoms with E-state index < -0.39 is 0 Å². The Kier molecular flexibility index (Phi) is 3.01. The number of aromatic hydroxyl groups is 2. The maximum Gasteiger partial charge on any atom is 0.124 e. The van der Waals surface area contributed by atoms with E-state index in [9.17, 15) is 10.2 Å². The molecule has 0 aliphatic heterocycles. The molecule has 1 aromatic carbocycles. The van der Waals surface area contributed by atoms with Gasteiger partial charge in [0, 0.05) is 6.04 Å². The highest BCUT2D eigenvalue weighted by Crippen LogP contribution is 2.35. The van der Waals surface area contributed by atoms with E-state index in [-0.39, 0.29) is 23.5 Å². The topological polar surface area (TPSA) is 66.5 Å². The van der Waals surface area contributed by atoms with Crippen molar-refractivity contribution in [1.29, 1.82) is 0 Å². The van der Waals surface area contributed by atoms with Gasteiger partial charge in [-0.15, -0.1) is 0 Å². The molecule has 78 valence electrons. The van der Waals surface area contributed by atoms with E-state index in [1.54, 1.807) is 12.1 Å². The second-order valence-corrected chi connectivity index (χ2v) is 3.99. The minimum atomic E-state index is -0.337. The first kappa shape index (κ1) is 10.9. The lowest BCUT2D eigenvalue weighted by Crippen LogP contribution is -2.17. The van der Waals surface area contributed by atoms with Crippen LogP contribution >= 0.6 is 0 Å². The van der Waals surface area contributed by atoms with Crippen molar-refractivity contribution < 1.29 is 10.2 Å². The number of phenols is 2. The van der Waals surface area contributed by atoms with Crippen molar-refractivity contribution in [2.75, 3.05) is 0 Å². The summed E-state index contributed by atoms with van der Waals surface area (Å²) in [5.74, 6) is 0.321. The van der Waals surface area contributed by atoms with Crippen LogP contribution in [-0.4, -0.2) is 10.2 Å². The summed E-state index contributed by atoms with van der Waals surface area (Å²) >= 11 is 0. The molecule has 0 bridgehead atoms. The van der Waals surface area contributed by atoms with Crippen molar-refractivity contribution in [1.82, 2.24) is 0 Å². The summed E-state index contributed by atoms with van der Waals surface area (Å²) in [6.07, 6.45) is 0. The van der Waals surface area contributed by atoms with E-state index in [1.807, 2.05) is 20.8 Å². The Morgan fingerprint density at radius 3 is 1.93 bits per heavy atom. The molecule has 0 saturated carbocycles. The molecule has 0 spiro atoms. The van der Waals surface area contributed by atoms with Gasteiger partial charge in [0.05, 0.1) is 5.56 Å². The highest BCUT2D eigenvalue weighted by atomic mass is 16.3. The molecule has 1 atom stereocenters. The maximum absolute atomic E-state index is 9.65. The van der Waals surface area contributed by atoms with E-state index in [4.69, 9.17) is 5.73 Å². The van der Waals surface area contributed by atoms with E-state index in [0.717, 1.165) is 5.56 Å². The number of rotatable bonds is 2. The molecule has 0 aromatic heterocycles. The van der Waals surface area contributed by atoms with Gasteiger partial charge in [0.2, 0.25) is 0 Å².